The van der Waals surface area contributed by atoms with E-state index in [-0.39, 0.29) is 0 Å². The van der Waals surface area contributed by atoms with Gasteiger partial charge in [-0.2, -0.15) is 0 Å². The van der Waals surface area contributed by atoms with E-state index in [1.54, 1.807) is 6.39 Å². The van der Waals surface area contributed by atoms with Crippen LogP contribution in [0.15, 0.2) is 16.9 Å². The minimum atomic E-state index is 0.783. The van der Waals surface area contributed by atoms with E-state index in [0.717, 1.165) is 24.5 Å². The van der Waals surface area contributed by atoms with Gasteiger partial charge in [0.1, 0.15) is 5.69 Å². The van der Waals surface area contributed by atoms with Crippen molar-refractivity contribution in [2.75, 3.05) is 6.54 Å². The number of aromatic nitrogens is 1. The van der Waals surface area contributed by atoms with Gasteiger partial charge in [0.05, 0.1) is 4.88 Å². The van der Waals surface area contributed by atoms with Crippen LogP contribution in [0.25, 0.3) is 10.6 Å². The standard InChI is InChI=1S/C13H16N2OS/c1-2-14-7-10-13(16-8-15-10)12-6-9-4-3-5-11(9)17-12/h6,8,14H,2-5,7H2,1H3. The summed E-state index contributed by atoms with van der Waals surface area (Å²) in [5.74, 6) is 0.949. The minimum absolute atomic E-state index is 0.783. The second kappa shape index (κ2) is 4.63. The number of nitrogens with zero attached hydrogens (tertiary/aromatic N) is 1. The summed E-state index contributed by atoms with van der Waals surface area (Å²) in [4.78, 5) is 7.06. The molecule has 0 amide bonds. The molecule has 90 valence electrons. The molecular weight excluding hydrogens is 232 g/mol. The molecule has 0 aromatic carbocycles. The second-order valence-electron chi connectivity index (χ2n) is 4.32. The van der Waals surface area contributed by atoms with E-state index >= 15 is 0 Å². The van der Waals surface area contributed by atoms with Gasteiger partial charge in [0, 0.05) is 11.4 Å². The first-order valence-electron chi connectivity index (χ1n) is 6.13. The van der Waals surface area contributed by atoms with Crippen LogP contribution in [0.3, 0.4) is 0 Å². The molecule has 0 atom stereocenters. The quantitative estimate of drug-likeness (QED) is 0.904. The Morgan fingerprint density at radius 3 is 3.24 bits per heavy atom. The summed E-state index contributed by atoms with van der Waals surface area (Å²) in [6.07, 6.45) is 5.31. The maximum absolute atomic E-state index is 5.54. The molecule has 0 bridgehead atoms. The van der Waals surface area contributed by atoms with Crippen LogP contribution < -0.4 is 5.32 Å². The molecule has 1 aliphatic rings. The Morgan fingerprint density at radius 1 is 1.47 bits per heavy atom. The van der Waals surface area contributed by atoms with E-state index in [4.69, 9.17) is 4.42 Å². The highest BCUT2D eigenvalue weighted by atomic mass is 32.1. The topological polar surface area (TPSA) is 38.1 Å². The highest BCUT2D eigenvalue weighted by molar-refractivity contribution is 7.15. The largest absolute Gasteiger partial charge is 0.442 e. The highest BCUT2D eigenvalue weighted by Crippen LogP contribution is 2.37. The van der Waals surface area contributed by atoms with Crippen LogP contribution in [0.2, 0.25) is 0 Å². The second-order valence-corrected chi connectivity index (χ2v) is 5.46. The fourth-order valence-corrected chi connectivity index (χ4v) is 3.54. The molecule has 0 unspecified atom stereocenters. The molecule has 0 spiro atoms. The van der Waals surface area contributed by atoms with Crippen LogP contribution in [-0.4, -0.2) is 11.5 Å². The Bertz CT molecular complexity index is 494. The molecular formula is C13H16N2OS. The van der Waals surface area contributed by atoms with Crippen LogP contribution in [0.4, 0.5) is 0 Å². The summed E-state index contributed by atoms with van der Waals surface area (Å²) in [6.45, 7) is 3.83. The number of hydrogen-bond acceptors (Lipinski definition) is 4. The van der Waals surface area contributed by atoms with E-state index < -0.39 is 0 Å². The van der Waals surface area contributed by atoms with Gasteiger partial charge in [-0.05, 0) is 37.4 Å². The van der Waals surface area contributed by atoms with E-state index in [1.165, 1.54) is 34.6 Å². The van der Waals surface area contributed by atoms with Gasteiger partial charge in [-0.1, -0.05) is 6.92 Å². The lowest BCUT2D eigenvalue weighted by Crippen LogP contribution is -2.12. The number of rotatable bonds is 4. The molecule has 0 fully saturated rings. The first-order valence-corrected chi connectivity index (χ1v) is 6.95. The minimum Gasteiger partial charge on any atom is -0.442 e. The van der Waals surface area contributed by atoms with E-state index in [1.807, 2.05) is 11.3 Å². The van der Waals surface area contributed by atoms with Crippen molar-refractivity contribution in [1.82, 2.24) is 10.3 Å². The monoisotopic (exact) mass is 248 g/mol. The molecule has 4 heteroatoms. The van der Waals surface area contributed by atoms with Crippen molar-refractivity contribution in [3.8, 4) is 10.6 Å². The van der Waals surface area contributed by atoms with E-state index in [0.29, 0.717) is 0 Å². The smallest absolute Gasteiger partial charge is 0.181 e. The Labute approximate surface area is 105 Å². The third kappa shape index (κ3) is 2.03. The SMILES string of the molecule is CCNCc1ncoc1-c1cc2c(s1)CCC2. The molecule has 2 aromatic heterocycles. The fraction of sp³-hybridized carbons (Fsp3) is 0.462. The number of thiophene rings is 1. The Hall–Kier alpha value is -1.13. The lowest BCUT2D eigenvalue weighted by atomic mass is 10.2. The molecule has 3 rings (SSSR count). The summed E-state index contributed by atoms with van der Waals surface area (Å²) < 4.78 is 5.54. The molecule has 0 radical (unpaired) electrons. The number of nitrogens with one attached hydrogen (secondary N) is 1. The van der Waals surface area contributed by atoms with Gasteiger partial charge in [-0.15, -0.1) is 11.3 Å². The van der Waals surface area contributed by atoms with Crippen molar-refractivity contribution in [1.29, 1.82) is 0 Å². The lowest BCUT2D eigenvalue weighted by molar-refractivity contribution is 0.571. The first kappa shape index (κ1) is 11.0. The zero-order chi connectivity index (χ0) is 11.7. The molecule has 0 aliphatic heterocycles. The van der Waals surface area contributed by atoms with Crippen LogP contribution in [0.5, 0.6) is 0 Å². The van der Waals surface area contributed by atoms with Gasteiger partial charge in [0.15, 0.2) is 12.2 Å². The van der Waals surface area contributed by atoms with Gasteiger partial charge < -0.3 is 9.73 Å². The number of fused-ring (bicyclic) bond motifs is 1. The average Bonchev–Trinajstić information content (AvgIpc) is 2.99. The molecule has 0 saturated carbocycles. The maximum atomic E-state index is 5.54. The lowest BCUT2D eigenvalue weighted by Gasteiger charge is -1.99. The third-order valence-corrected chi connectivity index (χ3v) is 4.39. The maximum Gasteiger partial charge on any atom is 0.181 e. The molecule has 1 N–H and O–H groups in total. The fourth-order valence-electron chi connectivity index (χ4n) is 2.28. The summed E-state index contributed by atoms with van der Waals surface area (Å²) in [5.41, 5.74) is 2.53. The van der Waals surface area contributed by atoms with Crippen molar-refractivity contribution >= 4 is 11.3 Å². The molecule has 1 aliphatic carbocycles. The summed E-state index contributed by atoms with van der Waals surface area (Å²) >= 11 is 1.87. The summed E-state index contributed by atoms with van der Waals surface area (Å²) in [6, 6.07) is 2.28. The highest BCUT2D eigenvalue weighted by Gasteiger charge is 2.19. The van der Waals surface area contributed by atoms with Gasteiger partial charge in [0.25, 0.3) is 0 Å². The van der Waals surface area contributed by atoms with Crippen LogP contribution >= 0.6 is 11.3 Å². The van der Waals surface area contributed by atoms with Crippen molar-refractivity contribution in [3.05, 3.63) is 28.6 Å². The first-order chi connectivity index (χ1) is 8.38. The molecule has 2 aromatic rings. The van der Waals surface area contributed by atoms with Gasteiger partial charge in [0.2, 0.25) is 0 Å². The van der Waals surface area contributed by atoms with Crippen molar-refractivity contribution in [2.24, 2.45) is 0 Å². The van der Waals surface area contributed by atoms with Crippen LogP contribution in [0, 0.1) is 0 Å². The predicted molar refractivity (Wildman–Crippen MR) is 69.2 cm³/mol. The van der Waals surface area contributed by atoms with Gasteiger partial charge in [-0.25, -0.2) is 4.98 Å². The van der Waals surface area contributed by atoms with Gasteiger partial charge in [-0.3, -0.25) is 0 Å². The predicted octanol–water partition coefficient (Wildman–Crippen LogP) is 3.00. The zero-order valence-electron chi connectivity index (χ0n) is 9.95. The average molecular weight is 248 g/mol. The molecule has 2 heterocycles. The summed E-state index contributed by atoms with van der Waals surface area (Å²) in [5, 5.41) is 3.29. The number of oxazole rings is 1. The normalized spacial score (nSPS) is 14.2. The Kier molecular flexibility index (Phi) is 2.99. The Balaban J connectivity index is 1.89. The van der Waals surface area contributed by atoms with E-state index in [2.05, 4.69) is 23.3 Å². The third-order valence-electron chi connectivity index (χ3n) is 3.15. The number of aryl methyl sites for hydroxylation is 2. The zero-order valence-corrected chi connectivity index (χ0v) is 10.8. The number of hydrogen-bond donors (Lipinski definition) is 1. The van der Waals surface area contributed by atoms with Crippen LogP contribution in [0.1, 0.15) is 29.5 Å². The van der Waals surface area contributed by atoms with Crippen LogP contribution in [-0.2, 0) is 19.4 Å². The van der Waals surface area contributed by atoms with Crippen molar-refractivity contribution in [3.63, 3.8) is 0 Å². The van der Waals surface area contributed by atoms with E-state index in [9.17, 15) is 0 Å². The Morgan fingerprint density at radius 2 is 2.41 bits per heavy atom. The van der Waals surface area contributed by atoms with Crippen molar-refractivity contribution in [2.45, 2.75) is 32.7 Å². The molecule has 3 nitrogen and oxygen atoms in total. The van der Waals surface area contributed by atoms with Gasteiger partial charge >= 0.3 is 0 Å². The molecule has 0 saturated heterocycles. The molecule has 17 heavy (non-hydrogen) atoms. The summed E-state index contributed by atoms with van der Waals surface area (Å²) in [7, 11) is 0. The van der Waals surface area contributed by atoms with Crippen molar-refractivity contribution < 1.29 is 4.42 Å².